The first-order valence-electron chi connectivity index (χ1n) is 5.63. The molecule has 2 N–H and O–H groups in total. The van der Waals surface area contributed by atoms with Gasteiger partial charge in [-0.1, -0.05) is 0 Å². The van der Waals surface area contributed by atoms with Crippen molar-refractivity contribution in [1.82, 2.24) is 10.6 Å². The summed E-state index contributed by atoms with van der Waals surface area (Å²) >= 11 is 0. The summed E-state index contributed by atoms with van der Waals surface area (Å²) in [7, 11) is 0. The molecule has 1 fully saturated rings. The molecule has 17 heavy (non-hydrogen) atoms. The third-order valence-corrected chi connectivity index (χ3v) is 2.55. The van der Waals surface area contributed by atoms with Crippen LogP contribution < -0.4 is 10.6 Å². The molecule has 1 aliphatic rings. The number of carbonyl (C=O) groups is 1. The van der Waals surface area contributed by atoms with Crippen LogP contribution in [0, 0.1) is 11.6 Å². The van der Waals surface area contributed by atoms with Crippen LogP contribution >= 0.6 is 0 Å². The van der Waals surface area contributed by atoms with Gasteiger partial charge in [-0.15, -0.1) is 0 Å². The molecule has 0 atom stereocenters. The van der Waals surface area contributed by atoms with Crippen LogP contribution in [-0.2, 0) is 0 Å². The molecule has 0 heterocycles. The van der Waals surface area contributed by atoms with Crippen LogP contribution in [0.1, 0.15) is 23.2 Å². The lowest BCUT2D eigenvalue weighted by Gasteiger charge is -2.06. The van der Waals surface area contributed by atoms with Crippen molar-refractivity contribution in [2.75, 3.05) is 13.1 Å². The molecule has 1 aromatic rings. The van der Waals surface area contributed by atoms with E-state index in [0.717, 1.165) is 18.2 Å². The lowest BCUT2D eigenvalue weighted by molar-refractivity contribution is 0.0953. The topological polar surface area (TPSA) is 41.1 Å². The number of hydrogen-bond donors (Lipinski definition) is 2. The summed E-state index contributed by atoms with van der Waals surface area (Å²) in [6.45, 7) is 1.13. The fourth-order valence-electron chi connectivity index (χ4n) is 1.53. The van der Waals surface area contributed by atoms with Gasteiger partial charge in [0.05, 0.1) is 0 Å². The average Bonchev–Trinajstić information content (AvgIpc) is 3.06. The van der Waals surface area contributed by atoms with Crippen LogP contribution in [0.15, 0.2) is 18.2 Å². The number of nitrogens with one attached hydrogen (secondary N) is 2. The van der Waals surface area contributed by atoms with Crippen LogP contribution in [0.5, 0.6) is 0 Å². The predicted molar refractivity (Wildman–Crippen MR) is 59.7 cm³/mol. The monoisotopic (exact) mass is 240 g/mol. The Labute approximate surface area is 98.2 Å². The summed E-state index contributed by atoms with van der Waals surface area (Å²) in [5, 5.41) is 5.83. The first-order valence-corrected chi connectivity index (χ1v) is 5.63. The minimum atomic E-state index is -0.744. The first-order chi connectivity index (χ1) is 8.15. The molecule has 1 aliphatic carbocycles. The molecule has 2 rings (SSSR count). The molecule has 1 saturated carbocycles. The van der Waals surface area contributed by atoms with Gasteiger partial charge >= 0.3 is 0 Å². The Hall–Kier alpha value is -1.49. The van der Waals surface area contributed by atoms with Gasteiger partial charge in [-0.2, -0.15) is 0 Å². The molecule has 92 valence electrons. The average molecular weight is 240 g/mol. The van der Waals surface area contributed by atoms with Crippen molar-refractivity contribution in [3.8, 4) is 0 Å². The fourth-order valence-corrected chi connectivity index (χ4v) is 1.53. The standard InChI is InChI=1S/C12H14F2N2O/c13-9-5-8(6-10(14)7-9)12(17)16-4-3-15-11-1-2-11/h5-7,11,15H,1-4H2,(H,16,17). The molecule has 0 unspecified atom stereocenters. The van der Waals surface area contributed by atoms with Gasteiger partial charge in [-0.05, 0) is 25.0 Å². The number of amides is 1. The van der Waals surface area contributed by atoms with E-state index in [1.807, 2.05) is 0 Å². The van der Waals surface area contributed by atoms with Gasteiger partial charge in [0, 0.05) is 30.8 Å². The lowest BCUT2D eigenvalue weighted by Crippen LogP contribution is -2.32. The summed E-state index contributed by atoms with van der Waals surface area (Å²) in [4.78, 5) is 11.5. The fraction of sp³-hybridized carbons (Fsp3) is 0.417. The Balaban J connectivity index is 1.80. The van der Waals surface area contributed by atoms with E-state index in [0.29, 0.717) is 19.1 Å². The van der Waals surface area contributed by atoms with E-state index in [9.17, 15) is 13.6 Å². The van der Waals surface area contributed by atoms with Crippen molar-refractivity contribution in [1.29, 1.82) is 0 Å². The van der Waals surface area contributed by atoms with Crippen LogP contribution in [-0.4, -0.2) is 25.0 Å². The van der Waals surface area contributed by atoms with Gasteiger partial charge in [0.25, 0.3) is 5.91 Å². The maximum absolute atomic E-state index is 12.9. The van der Waals surface area contributed by atoms with Crippen molar-refractivity contribution >= 4 is 5.91 Å². The Morgan fingerprint density at radius 3 is 2.41 bits per heavy atom. The van der Waals surface area contributed by atoms with Crippen molar-refractivity contribution in [2.45, 2.75) is 18.9 Å². The third kappa shape index (κ3) is 3.78. The van der Waals surface area contributed by atoms with Gasteiger partial charge < -0.3 is 10.6 Å². The molecular weight excluding hydrogens is 226 g/mol. The maximum atomic E-state index is 12.9. The van der Waals surface area contributed by atoms with Crippen molar-refractivity contribution in [3.63, 3.8) is 0 Å². The number of rotatable bonds is 5. The molecule has 0 aromatic heterocycles. The molecule has 0 bridgehead atoms. The molecule has 5 heteroatoms. The van der Waals surface area contributed by atoms with E-state index in [2.05, 4.69) is 10.6 Å². The number of benzene rings is 1. The second-order valence-corrected chi connectivity index (χ2v) is 4.14. The van der Waals surface area contributed by atoms with Gasteiger partial charge in [0.2, 0.25) is 0 Å². The molecule has 1 aromatic carbocycles. The second kappa shape index (κ2) is 5.23. The SMILES string of the molecule is O=C(NCCNC1CC1)c1cc(F)cc(F)c1. The highest BCUT2D eigenvalue weighted by Gasteiger charge is 2.19. The van der Waals surface area contributed by atoms with Gasteiger partial charge in [-0.25, -0.2) is 8.78 Å². The van der Waals surface area contributed by atoms with Crippen LogP contribution in [0.25, 0.3) is 0 Å². The second-order valence-electron chi connectivity index (χ2n) is 4.14. The largest absolute Gasteiger partial charge is 0.351 e. The highest BCUT2D eigenvalue weighted by atomic mass is 19.1. The Morgan fingerprint density at radius 2 is 1.82 bits per heavy atom. The smallest absolute Gasteiger partial charge is 0.251 e. The molecule has 3 nitrogen and oxygen atoms in total. The third-order valence-electron chi connectivity index (χ3n) is 2.55. The van der Waals surface area contributed by atoms with Crippen LogP contribution in [0.3, 0.4) is 0 Å². The van der Waals surface area contributed by atoms with E-state index in [4.69, 9.17) is 0 Å². The van der Waals surface area contributed by atoms with Gasteiger partial charge in [0.1, 0.15) is 11.6 Å². The van der Waals surface area contributed by atoms with E-state index >= 15 is 0 Å². The summed E-state index contributed by atoms with van der Waals surface area (Å²) in [6, 6.07) is 3.36. The van der Waals surface area contributed by atoms with E-state index in [1.54, 1.807) is 0 Å². The van der Waals surface area contributed by atoms with E-state index < -0.39 is 17.5 Å². The van der Waals surface area contributed by atoms with Crippen LogP contribution in [0.2, 0.25) is 0 Å². The van der Waals surface area contributed by atoms with Crippen molar-refractivity contribution < 1.29 is 13.6 Å². The highest BCUT2D eigenvalue weighted by Crippen LogP contribution is 2.17. The zero-order valence-corrected chi connectivity index (χ0v) is 9.30. The quantitative estimate of drug-likeness (QED) is 0.765. The highest BCUT2D eigenvalue weighted by molar-refractivity contribution is 5.94. The van der Waals surface area contributed by atoms with E-state index in [1.165, 1.54) is 12.8 Å². The summed E-state index contributed by atoms with van der Waals surface area (Å²) in [6.07, 6.45) is 2.37. The molecule has 0 aliphatic heterocycles. The molecular formula is C12H14F2N2O. The molecule has 1 amide bonds. The summed E-state index contributed by atoms with van der Waals surface area (Å²) < 4.78 is 25.7. The Morgan fingerprint density at radius 1 is 1.18 bits per heavy atom. The van der Waals surface area contributed by atoms with Crippen molar-refractivity contribution in [2.24, 2.45) is 0 Å². The Kier molecular flexibility index (Phi) is 3.68. The van der Waals surface area contributed by atoms with E-state index in [-0.39, 0.29) is 5.56 Å². The summed E-state index contributed by atoms with van der Waals surface area (Å²) in [5.74, 6) is -1.95. The summed E-state index contributed by atoms with van der Waals surface area (Å²) in [5.41, 5.74) is 0.00826. The lowest BCUT2D eigenvalue weighted by atomic mass is 10.2. The molecule has 0 spiro atoms. The van der Waals surface area contributed by atoms with Crippen LogP contribution in [0.4, 0.5) is 8.78 Å². The van der Waals surface area contributed by atoms with Crippen molar-refractivity contribution in [3.05, 3.63) is 35.4 Å². The first kappa shape index (κ1) is 12.0. The molecule has 0 radical (unpaired) electrons. The number of halogens is 2. The minimum Gasteiger partial charge on any atom is -0.351 e. The molecule has 0 saturated heterocycles. The minimum absolute atomic E-state index is 0.00826. The zero-order chi connectivity index (χ0) is 12.3. The van der Waals surface area contributed by atoms with Gasteiger partial charge in [-0.3, -0.25) is 4.79 Å². The zero-order valence-electron chi connectivity index (χ0n) is 9.30. The normalized spacial score (nSPS) is 14.7. The maximum Gasteiger partial charge on any atom is 0.251 e. The van der Waals surface area contributed by atoms with Gasteiger partial charge in [0.15, 0.2) is 0 Å². The number of hydrogen-bond acceptors (Lipinski definition) is 2. The Bertz CT molecular complexity index is 399. The number of carbonyl (C=O) groups excluding carboxylic acids is 1. The predicted octanol–water partition coefficient (Wildman–Crippen LogP) is 1.45.